The summed E-state index contributed by atoms with van der Waals surface area (Å²) in [7, 11) is -11.5. The van der Waals surface area contributed by atoms with Gasteiger partial charge in [-0.15, -0.1) is 0 Å². The van der Waals surface area contributed by atoms with Gasteiger partial charge in [0.25, 0.3) is 0 Å². The summed E-state index contributed by atoms with van der Waals surface area (Å²) in [5.74, 6) is -1.41. The fraction of sp³-hybridized carbons (Fsp3) is 0.362. The molecule has 74 heavy (non-hydrogen) atoms. The van der Waals surface area contributed by atoms with Gasteiger partial charge in [-0.05, 0) is 66.5 Å². The number of aliphatic carboxylic acids is 1. The molecule has 0 unspecified atom stereocenters. The van der Waals surface area contributed by atoms with Gasteiger partial charge in [-0.1, -0.05) is 127 Å². The molecule has 0 spiro atoms. The fourth-order valence-corrected chi connectivity index (χ4v) is 11.4. The highest BCUT2D eigenvalue weighted by atomic mass is 35.5. The van der Waals surface area contributed by atoms with Crippen molar-refractivity contribution in [2.45, 2.75) is 109 Å². The van der Waals surface area contributed by atoms with Crippen LogP contribution in [0.3, 0.4) is 0 Å². The average molecular weight is 1170 g/mol. The van der Waals surface area contributed by atoms with Crippen LogP contribution in [-0.2, 0) is 34.9 Å². The number of fused-ring (bicyclic) bond motifs is 3. The zero-order valence-electron chi connectivity index (χ0n) is 42.2. The summed E-state index contributed by atoms with van der Waals surface area (Å²) in [6, 6.07) is 11.5. The molecule has 3 atom stereocenters. The number of rotatable bonds is 12. The summed E-state index contributed by atoms with van der Waals surface area (Å²) < 4.78 is 83.5. The average Bonchev–Trinajstić information content (AvgIpc) is 3.27. The first-order valence-electron chi connectivity index (χ1n) is 22.2. The largest absolute Gasteiger partial charge is 0.480 e. The molecular formula is C47H66Cl4N12O8S3. The van der Waals surface area contributed by atoms with E-state index in [1.165, 1.54) is 61.1 Å². The molecule has 20 nitrogen and oxygen atoms in total. The molecule has 0 fully saturated rings. The molecule has 3 heterocycles. The number of pyridine rings is 3. The number of hydrogen-bond donors (Lipinski definition) is 8. The van der Waals surface area contributed by atoms with Gasteiger partial charge in [0.15, 0.2) is 23.6 Å². The van der Waals surface area contributed by atoms with Crippen LogP contribution >= 0.6 is 46.4 Å². The van der Waals surface area contributed by atoms with Gasteiger partial charge in [0, 0.05) is 67.3 Å². The van der Waals surface area contributed by atoms with E-state index >= 15 is 0 Å². The number of carboxylic acids is 1. The summed E-state index contributed by atoms with van der Waals surface area (Å²) in [4.78, 5) is 31.4. The molecule has 0 bridgehead atoms. The second-order valence-electron chi connectivity index (χ2n) is 20.1. The van der Waals surface area contributed by atoms with Crippen LogP contribution in [0, 0.1) is 16.2 Å². The minimum atomic E-state index is -4.15. The second-order valence-corrected chi connectivity index (χ2v) is 26.9. The highest BCUT2D eigenvalue weighted by Crippen LogP contribution is 2.35. The molecule has 0 aliphatic heterocycles. The van der Waals surface area contributed by atoms with Gasteiger partial charge in [-0.2, -0.15) is 14.7 Å². The van der Waals surface area contributed by atoms with Gasteiger partial charge in [0.05, 0.1) is 29.8 Å². The maximum atomic E-state index is 12.7. The third kappa shape index (κ3) is 15.7. The Hall–Kier alpha value is -5.21. The molecule has 408 valence electrons. The van der Waals surface area contributed by atoms with Gasteiger partial charge in [0.1, 0.15) is 11.2 Å². The minimum Gasteiger partial charge on any atom is -0.480 e. The summed E-state index contributed by atoms with van der Waals surface area (Å²) >= 11 is 24.3. The summed E-state index contributed by atoms with van der Waals surface area (Å²) in [5.41, 5.74) is 20.3. The molecule has 0 saturated carbocycles. The Morgan fingerprint density at radius 3 is 1.15 bits per heavy atom. The zero-order chi connectivity index (χ0) is 56.3. The van der Waals surface area contributed by atoms with E-state index in [0.29, 0.717) is 42.4 Å². The summed E-state index contributed by atoms with van der Waals surface area (Å²) in [5, 5.41) is 13.7. The first-order chi connectivity index (χ1) is 33.8. The SMILES string of the molecule is CC(C)(C)[C@@H](NS(=O)(=O)c1ccc2c(Cl)cnc(N=C(N)N)c2c1)C(=O)O.C[C@H](NS(=O)(=O)c1ccc2c(Cl)cnc(Cl)c2c1)C(C)(C)C.C[C@H](NS(=O)(=O)c1ccc2c(Cl)cnc(N=C(N)N)c2c1)C(C)(C)C.[2HH].[2HH].[2HH]. The third-order valence-electron chi connectivity index (χ3n) is 11.4. The predicted molar refractivity (Wildman–Crippen MR) is 302 cm³/mol. The topological polar surface area (TPSA) is 343 Å². The maximum Gasteiger partial charge on any atom is 0.322 e. The van der Waals surface area contributed by atoms with E-state index in [9.17, 15) is 35.2 Å². The lowest BCUT2D eigenvalue weighted by molar-refractivity contribution is -0.141. The monoisotopic (exact) mass is 1170 g/mol. The Labute approximate surface area is 455 Å². The number of sulfonamides is 3. The number of carbonyl (C=O) groups is 1. The number of carboxylic acid groups (broad SMARTS) is 1. The molecule has 0 amide bonds. The Morgan fingerprint density at radius 2 is 0.838 bits per heavy atom. The van der Waals surface area contributed by atoms with E-state index in [1.54, 1.807) is 32.9 Å². The molecule has 6 aromatic rings. The highest BCUT2D eigenvalue weighted by molar-refractivity contribution is 7.90. The van der Waals surface area contributed by atoms with Crippen molar-refractivity contribution in [3.05, 3.63) is 93.4 Å². The van der Waals surface area contributed by atoms with Crippen LogP contribution in [0.2, 0.25) is 20.2 Å². The van der Waals surface area contributed by atoms with Crippen molar-refractivity contribution in [3.8, 4) is 0 Å². The van der Waals surface area contributed by atoms with Crippen molar-refractivity contribution in [1.82, 2.24) is 29.1 Å². The van der Waals surface area contributed by atoms with Crippen LogP contribution in [0.1, 0.15) is 80.4 Å². The molecule has 0 saturated heterocycles. The van der Waals surface area contributed by atoms with Gasteiger partial charge < -0.3 is 28.0 Å². The van der Waals surface area contributed by atoms with Crippen LogP contribution in [-0.4, -0.2) is 81.3 Å². The van der Waals surface area contributed by atoms with Gasteiger partial charge >= 0.3 is 5.97 Å². The van der Waals surface area contributed by atoms with Crippen molar-refractivity contribution < 1.29 is 39.4 Å². The first-order valence-corrected chi connectivity index (χ1v) is 28.1. The van der Waals surface area contributed by atoms with Crippen molar-refractivity contribution in [2.24, 2.45) is 49.2 Å². The Bertz CT molecular complexity index is 3520. The number of halogens is 4. The lowest BCUT2D eigenvalue weighted by Crippen LogP contribution is -2.48. The van der Waals surface area contributed by atoms with Crippen molar-refractivity contribution in [1.29, 1.82) is 0 Å². The number of aromatic nitrogens is 3. The predicted octanol–water partition coefficient (Wildman–Crippen LogP) is 9.07. The zero-order valence-corrected chi connectivity index (χ0v) is 47.7. The molecule has 12 N–H and O–H groups in total. The van der Waals surface area contributed by atoms with E-state index in [2.05, 4.69) is 39.1 Å². The van der Waals surface area contributed by atoms with Crippen molar-refractivity contribution in [2.75, 3.05) is 0 Å². The molecule has 0 aliphatic rings. The van der Waals surface area contributed by atoms with Crippen LogP contribution < -0.4 is 37.1 Å². The standard InChI is InChI=1S/C16H20ClN5O4S.C16H22ClN5O2S.C15H18Cl2N2O2S.3H2/c1-16(2,3)12(14(23)24)22-27(25,26)8-4-5-9-10(6-8)13(21-15(18)19)20-7-11(9)17;1-9(16(2,3)4)22-25(23,24)10-5-6-11-12(7-10)14(21-15(18)19)20-8-13(11)17;1-9(15(2,3)4)19-22(20,21)10-5-6-11-12(7-10)14(17)18-8-13(11)16;;;/h4-7,12,22H,1-3H3,(H,23,24)(H4,18,19,20,21);5-9,22H,1-4H3,(H4,18,19,20,21);5-9,19H,1-4H3;3*1H/t12-;2*9-;;;/m000.../s1/i;;;3*1+1. The molecule has 6 rings (SSSR count). The summed E-state index contributed by atoms with van der Waals surface area (Å²) in [6.45, 7) is 20.3. The number of benzene rings is 3. The molecule has 3 aromatic carbocycles. The van der Waals surface area contributed by atoms with E-state index < -0.39 is 47.5 Å². The van der Waals surface area contributed by atoms with E-state index in [0.717, 1.165) is 0 Å². The number of nitrogens with zero attached hydrogens (tertiary/aromatic N) is 5. The van der Waals surface area contributed by atoms with Gasteiger partial charge in [-0.3, -0.25) is 4.79 Å². The van der Waals surface area contributed by atoms with E-state index in [-0.39, 0.29) is 75.6 Å². The lowest BCUT2D eigenvalue weighted by Gasteiger charge is -2.27. The molecule has 0 radical (unpaired) electrons. The van der Waals surface area contributed by atoms with Crippen LogP contribution in [0.15, 0.2) is 97.9 Å². The number of aliphatic imine (C=N–C) groups is 2. The smallest absolute Gasteiger partial charge is 0.322 e. The fourth-order valence-electron chi connectivity index (χ4n) is 6.20. The maximum absolute atomic E-state index is 12.7. The lowest BCUT2D eigenvalue weighted by atomic mass is 9.88. The Balaban J connectivity index is 0.000000569. The van der Waals surface area contributed by atoms with E-state index in [1.807, 2.05) is 55.4 Å². The molecule has 3 aromatic heterocycles. The third-order valence-corrected chi connectivity index (χ3v) is 17.1. The highest BCUT2D eigenvalue weighted by Gasteiger charge is 2.36. The quantitative estimate of drug-likeness (QED) is 0.0322. The minimum absolute atomic E-state index is 0. The van der Waals surface area contributed by atoms with Crippen LogP contribution in [0.5, 0.6) is 0 Å². The van der Waals surface area contributed by atoms with Crippen molar-refractivity contribution in [3.63, 3.8) is 0 Å². The molecule has 0 aliphatic carbocycles. The van der Waals surface area contributed by atoms with Crippen LogP contribution in [0.4, 0.5) is 11.6 Å². The number of nitrogens with two attached hydrogens (primary N) is 4. The summed E-state index contributed by atoms with van der Waals surface area (Å²) in [6.07, 6.45) is 4.21. The number of hydrogen-bond acceptors (Lipinski definition) is 12. The molecular weight excluding hydrogens is 1100 g/mol. The molecule has 27 heteroatoms. The van der Waals surface area contributed by atoms with Crippen molar-refractivity contribution >= 4 is 138 Å². The van der Waals surface area contributed by atoms with Crippen LogP contribution in [0.25, 0.3) is 32.3 Å². The normalized spacial score (nSPS) is 13.7. The first kappa shape index (κ1) is 61.3. The van der Waals surface area contributed by atoms with E-state index in [4.69, 9.17) is 69.3 Å². The number of guanidine groups is 2. The Kier molecular flexibility index (Phi) is 19.4. The Morgan fingerprint density at radius 1 is 0.527 bits per heavy atom. The number of nitrogens with one attached hydrogen (secondary N) is 3. The van der Waals surface area contributed by atoms with Gasteiger partial charge in [0.2, 0.25) is 30.1 Å². The second kappa shape index (κ2) is 23.4. The van der Waals surface area contributed by atoms with Gasteiger partial charge in [-0.25, -0.2) is 49.6 Å².